The highest BCUT2D eigenvalue weighted by Gasteiger charge is 2.13. The number of benzene rings is 1. The predicted molar refractivity (Wildman–Crippen MR) is 63.1 cm³/mol. The largest absolute Gasteiger partial charge is 0.293 e. The average molecular weight is 208 g/mol. The zero-order chi connectivity index (χ0) is 10.6. The van der Waals surface area contributed by atoms with Gasteiger partial charge in [0.1, 0.15) is 0 Å². The molecule has 0 aliphatic carbocycles. The number of hydrogen-bond donors (Lipinski definition) is 0. The summed E-state index contributed by atoms with van der Waals surface area (Å²) in [5, 5.41) is 0.0720. The molecular weight excluding hydrogens is 192 g/mol. The molecule has 1 nitrogen and oxygen atoms in total. The summed E-state index contributed by atoms with van der Waals surface area (Å²) in [6.45, 7) is 6.07. The van der Waals surface area contributed by atoms with Crippen LogP contribution in [0.25, 0.3) is 0 Å². The minimum Gasteiger partial charge on any atom is -0.293 e. The molecule has 0 fully saturated rings. The lowest BCUT2D eigenvalue weighted by atomic mass is 10.1. The number of rotatable bonds is 4. The van der Waals surface area contributed by atoms with E-state index in [9.17, 15) is 4.79 Å². The van der Waals surface area contributed by atoms with Crippen LogP contribution in [0.5, 0.6) is 0 Å². The third-order valence-corrected chi connectivity index (χ3v) is 3.17. The van der Waals surface area contributed by atoms with Crippen molar-refractivity contribution in [3.8, 4) is 0 Å². The lowest BCUT2D eigenvalue weighted by Crippen LogP contribution is -2.13. The van der Waals surface area contributed by atoms with Crippen molar-refractivity contribution in [1.82, 2.24) is 0 Å². The smallest absolute Gasteiger partial charge is 0.175 e. The molecule has 0 bridgehead atoms. The van der Waals surface area contributed by atoms with E-state index in [-0.39, 0.29) is 11.0 Å². The van der Waals surface area contributed by atoms with Crippen molar-refractivity contribution in [3.05, 3.63) is 35.4 Å². The Kier molecular flexibility index (Phi) is 4.21. The highest BCUT2D eigenvalue weighted by Crippen LogP contribution is 2.16. The summed E-state index contributed by atoms with van der Waals surface area (Å²) in [4.78, 5) is 11.8. The van der Waals surface area contributed by atoms with E-state index in [1.165, 1.54) is 5.56 Å². The molecule has 14 heavy (non-hydrogen) atoms. The third-order valence-electron chi connectivity index (χ3n) is 2.12. The first-order valence-electron chi connectivity index (χ1n) is 4.87. The summed E-state index contributed by atoms with van der Waals surface area (Å²) in [6, 6.07) is 7.78. The van der Waals surface area contributed by atoms with Gasteiger partial charge in [0.2, 0.25) is 0 Å². The SMILES string of the molecule is CCSC(C)C(=O)c1ccc(C)cc1. The molecule has 76 valence electrons. The molecule has 0 aliphatic heterocycles. The molecule has 0 aromatic heterocycles. The van der Waals surface area contributed by atoms with Crippen LogP contribution in [0.15, 0.2) is 24.3 Å². The normalized spacial score (nSPS) is 12.5. The molecule has 0 aliphatic rings. The fourth-order valence-corrected chi connectivity index (χ4v) is 2.07. The van der Waals surface area contributed by atoms with Gasteiger partial charge < -0.3 is 0 Å². The van der Waals surface area contributed by atoms with E-state index in [4.69, 9.17) is 0 Å². The van der Waals surface area contributed by atoms with Gasteiger partial charge in [-0.05, 0) is 19.6 Å². The molecule has 1 aromatic carbocycles. The zero-order valence-electron chi connectivity index (χ0n) is 8.91. The van der Waals surface area contributed by atoms with Crippen LogP contribution in [0.3, 0.4) is 0 Å². The van der Waals surface area contributed by atoms with Gasteiger partial charge in [0.25, 0.3) is 0 Å². The molecule has 0 saturated heterocycles. The van der Waals surface area contributed by atoms with Gasteiger partial charge in [0, 0.05) is 5.56 Å². The first-order chi connectivity index (χ1) is 6.65. The summed E-state index contributed by atoms with van der Waals surface area (Å²) in [5.41, 5.74) is 2.02. The zero-order valence-corrected chi connectivity index (χ0v) is 9.73. The minimum absolute atomic E-state index is 0.0720. The average Bonchev–Trinajstić information content (AvgIpc) is 2.18. The van der Waals surface area contributed by atoms with Crippen LogP contribution in [-0.2, 0) is 0 Å². The molecule has 1 rings (SSSR count). The first-order valence-corrected chi connectivity index (χ1v) is 5.92. The maximum atomic E-state index is 11.8. The van der Waals surface area contributed by atoms with E-state index in [1.807, 2.05) is 38.1 Å². The van der Waals surface area contributed by atoms with Crippen LogP contribution < -0.4 is 0 Å². The monoisotopic (exact) mass is 208 g/mol. The van der Waals surface area contributed by atoms with Gasteiger partial charge in [0.15, 0.2) is 5.78 Å². The molecule has 0 N–H and O–H groups in total. The van der Waals surface area contributed by atoms with Crippen molar-refractivity contribution in [1.29, 1.82) is 0 Å². The minimum atomic E-state index is 0.0720. The van der Waals surface area contributed by atoms with E-state index in [0.717, 1.165) is 11.3 Å². The standard InChI is InChI=1S/C12H16OS/c1-4-14-10(3)12(13)11-7-5-9(2)6-8-11/h5-8,10H,4H2,1-3H3. The lowest BCUT2D eigenvalue weighted by Gasteiger charge is -2.08. The lowest BCUT2D eigenvalue weighted by molar-refractivity contribution is 0.0994. The van der Waals surface area contributed by atoms with Crippen LogP contribution in [0, 0.1) is 6.92 Å². The number of aryl methyl sites for hydroxylation is 1. The number of Topliss-reactive ketones (excluding diaryl/α,β-unsaturated/α-hetero) is 1. The van der Waals surface area contributed by atoms with Gasteiger partial charge in [-0.3, -0.25) is 4.79 Å². The molecule has 2 heteroatoms. The van der Waals surface area contributed by atoms with Gasteiger partial charge in [-0.1, -0.05) is 36.8 Å². The molecule has 0 heterocycles. The Morgan fingerprint density at radius 2 is 1.93 bits per heavy atom. The summed E-state index contributed by atoms with van der Waals surface area (Å²) in [7, 11) is 0. The molecule has 1 aromatic rings. The van der Waals surface area contributed by atoms with E-state index in [1.54, 1.807) is 11.8 Å². The summed E-state index contributed by atoms with van der Waals surface area (Å²) in [5.74, 6) is 1.22. The fraction of sp³-hybridized carbons (Fsp3) is 0.417. The van der Waals surface area contributed by atoms with E-state index < -0.39 is 0 Å². The quantitative estimate of drug-likeness (QED) is 0.706. The number of carbonyl (C=O) groups excluding carboxylic acids is 1. The van der Waals surface area contributed by atoms with Gasteiger partial charge in [-0.25, -0.2) is 0 Å². The van der Waals surface area contributed by atoms with E-state index in [2.05, 4.69) is 6.92 Å². The van der Waals surface area contributed by atoms with Crippen LogP contribution in [0.4, 0.5) is 0 Å². The van der Waals surface area contributed by atoms with Gasteiger partial charge >= 0.3 is 0 Å². The van der Waals surface area contributed by atoms with Gasteiger partial charge in [-0.15, -0.1) is 0 Å². The highest BCUT2D eigenvalue weighted by atomic mass is 32.2. The molecular formula is C12H16OS. The number of thioether (sulfide) groups is 1. The molecule has 1 unspecified atom stereocenters. The maximum Gasteiger partial charge on any atom is 0.175 e. The summed E-state index contributed by atoms with van der Waals surface area (Å²) in [6.07, 6.45) is 0. The molecule has 0 saturated carbocycles. The van der Waals surface area contributed by atoms with E-state index >= 15 is 0 Å². The molecule has 0 radical (unpaired) electrons. The van der Waals surface area contributed by atoms with Crippen LogP contribution in [-0.4, -0.2) is 16.8 Å². The Labute approximate surface area is 89.9 Å². The van der Waals surface area contributed by atoms with Crippen molar-refractivity contribution in [2.75, 3.05) is 5.75 Å². The molecule has 0 amide bonds. The van der Waals surface area contributed by atoms with Crippen molar-refractivity contribution in [3.63, 3.8) is 0 Å². The van der Waals surface area contributed by atoms with Crippen molar-refractivity contribution in [2.45, 2.75) is 26.0 Å². The second-order valence-corrected chi connectivity index (χ2v) is 4.95. The Bertz CT molecular complexity index is 303. The topological polar surface area (TPSA) is 17.1 Å². The summed E-state index contributed by atoms with van der Waals surface area (Å²) >= 11 is 1.69. The number of carbonyl (C=O) groups is 1. The van der Waals surface area contributed by atoms with Crippen molar-refractivity contribution >= 4 is 17.5 Å². The van der Waals surface area contributed by atoms with Gasteiger partial charge in [-0.2, -0.15) is 11.8 Å². The number of ketones is 1. The number of hydrogen-bond acceptors (Lipinski definition) is 2. The Morgan fingerprint density at radius 3 is 2.43 bits per heavy atom. The molecule has 1 atom stereocenters. The van der Waals surface area contributed by atoms with Crippen LogP contribution >= 0.6 is 11.8 Å². The Balaban J connectivity index is 2.74. The Morgan fingerprint density at radius 1 is 1.36 bits per heavy atom. The maximum absolute atomic E-state index is 11.8. The van der Waals surface area contributed by atoms with Crippen LogP contribution in [0.2, 0.25) is 0 Å². The highest BCUT2D eigenvalue weighted by molar-refractivity contribution is 8.00. The molecule has 0 spiro atoms. The van der Waals surface area contributed by atoms with E-state index in [0.29, 0.717) is 0 Å². The first kappa shape index (κ1) is 11.3. The second-order valence-electron chi connectivity index (χ2n) is 3.33. The third kappa shape index (κ3) is 2.88. The summed E-state index contributed by atoms with van der Waals surface area (Å²) < 4.78 is 0. The second kappa shape index (κ2) is 5.20. The van der Waals surface area contributed by atoms with Crippen LogP contribution in [0.1, 0.15) is 29.8 Å². The van der Waals surface area contributed by atoms with Crippen molar-refractivity contribution < 1.29 is 4.79 Å². The van der Waals surface area contributed by atoms with Crippen molar-refractivity contribution in [2.24, 2.45) is 0 Å². The Hall–Kier alpha value is -0.760. The predicted octanol–water partition coefficient (Wildman–Crippen LogP) is 3.32. The van der Waals surface area contributed by atoms with Gasteiger partial charge in [0.05, 0.1) is 5.25 Å². The fourth-order valence-electron chi connectivity index (χ4n) is 1.28.